The summed E-state index contributed by atoms with van der Waals surface area (Å²) in [7, 11) is 0. The summed E-state index contributed by atoms with van der Waals surface area (Å²) >= 11 is 6.63. The highest BCUT2D eigenvalue weighted by molar-refractivity contribution is 8.26. The van der Waals surface area contributed by atoms with Crippen molar-refractivity contribution in [1.29, 1.82) is 0 Å². The Labute approximate surface area is 174 Å². The van der Waals surface area contributed by atoms with Crippen LogP contribution in [0, 0.1) is 0 Å². The molecule has 0 bridgehead atoms. The summed E-state index contributed by atoms with van der Waals surface area (Å²) in [5, 5.41) is 3.21. The minimum atomic E-state index is -0.208. The number of carbonyl (C=O) groups is 1. The molecule has 0 saturated carbocycles. The highest BCUT2D eigenvalue weighted by atomic mass is 32.2. The fourth-order valence-corrected chi connectivity index (χ4v) is 4.25. The van der Waals surface area contributed by atoms with Crippen molar-refractivity contribution in [3.05, 3.63) is 45.2 Å². The first kappa shape index (κ1) is 20.5. The second kappa shape index (κ2) is 9.34. The third-order valence-corrected chi connectivity index (χ3v) is 5.82. The van der Waals surface area contributed by atoms with Crippen LogP contribution in [0.2, 0.25) is 0 Å². The molecule has 1 N–H and O–H groups in total. The molecule has 2 aromatic rings. The van der Waals surface area contributed by atoms with Gasteiger partial charge in [-0.3, -0.25) is 18.9 Å². The second-order valence-electron chi connectivity index (χ2n) is 6.58. The van der Waals surface area contributed by atoms with Gasteiger partial charge in [-0.15, -0.1) is 0 Å². The van der Waals surface area contributed by atoms with Crippen LogP contribution in [0.3, 0.4) is 0 Å². The number of amides is 1. The van der Waals surface area contributed by atoms with Crippen molar-refractivity contribution < 1.29 is 4.79 Å². The maximum absolute atomic E-state index is 13.1. The van der Waals surface area contributed by atoms with Gasteiger partial charge in [-0.1, -0.05) is 56.7 Å². The number of unbranched alkanes of at least 4 members (excludes halogenated alkanes) is 2. The SMILES string of the molecule is CCCCCN1C(=O)C(=Cc2c(NCCC)nc3ccccn3c2=O)SC1=S. The van der Waals surface area contributed by atoms with Crippen LogP contribution in [0.4, 0.5) is 5.82 Å². The first-order chi connectivity index (χ1) is 13.6. The van der Waals surface area contributed by atoms with Crippen LogP contribution in [-0.4, -0.2) is 37.6 Å². The van der Waals surface area contributed by atoms with Crippen LogP contribution in [0.15, 0.2) is 34.1 Å². The highest BCUT2D eigenvalue weighted by Gasteiger charge is 2.32. The zero-order valence-electron chi connectivity index (χ0n) is 16.1. The van der Waals surface area contributed by atoms with E-state index in [0.29, 0.717) is 39.3 Å². The van der Waals surface area contributed by atoms with Crippen LogP contribution in [0.5, 0.6) is 0 Å². The topological polar surface area (TPSA) is 66.7 Å². The smallest absolute Gasteiger partial charge is 0.267 e. The average molecular weight is 417 g/mol. The second-order valence-corrected chi connectivity index (χ2v) is 8.25. The van der Waals surface area contributed by atoms with Gasteiger partial charge in [0.25, 0.3) is 11.5 Å². The Morgan fingerprint density at radius 3 is 2.79 bits per heavy atom. The van der Waals surface area contributed by atoms with Gasteiger partial charge in [0.2, 0.25) is 0 Å². The number of thiocarbonyl (C=S) groups is 1. The summed E-state index contributed by atoms with van der Waals surface area (Å²) < 4.78 is 2.04. The molecule has 1 aliphatic heterocycles. The van der Waals surface area contributed by atoms with Crippen molar-refractivity contribution in [1.82, 2.24) is 14.3 Å². The van der Waals surface area contributed by atoms with Gasteiger partial charge in [-0.25, -0.2) is 4.98 Å². The number of hydrogen-bond donors (Lipinski definition) is 1. The normalized spacial score (nSPS) is 15.8. The van der Waals surface area contributed by atoms with Gasteiger partial charge in [-0.05, 0) is 31.1 Å². The lowest BCUT2D eigenvalue weighted by Crippen LogP contribution is -2.29. The van der Waals surface area contributed by atoms with E-state index in [1.807, 2.05) is 13.0 Å². The van der Waals surface area contributed by atoms with Crippen molar-refractivity contribution >= 4 is 51.7 Å². The van der Waals surface area contributed by atoms with Crippen molar-refractivity contribution in [3.63, 3.8) is 0 Å². The lowest BCUT2D eigenvalue weighted by Gasteiger charge is -2.13. The Balaban J connectivity index is 2.00. The Morgan fingerprint density at radius 2 is 2.04 bits per heavy atom. The van der Waals surface area contributed by atoms with Crippen molar-refractivity contribution in [3.8, 4) is 0 Å². The predicted molar refractivity (Wildman–Crippen MR) is 120 cm³/mol. The van der Waals surface area contributed by atoms with E-state index in [4.69, 9.17) is 12.2 Å². The van der Waals surface area contributed by atoms with E-state index in [1.54, 1.807) is 29.3 Å². The summed E-state index contributed by atoms with van der Waals surface area (Å²) in [5.74, 6) is 0.361. The van der Waals surface area contributed by atoms with Gasteiger partial charge in [0.05, 0.1) is 10.5 Å². The number of hydrogen-bond acceptors (Lipinski definition) is 6. The fraction of sp³-hybridized carbons (Fsp3) is 0.400. The molecule has 3 rings (SSSR count). The lowest BCUT2D eigenvalue weighted by molar-refractivity contribution is -0.122. The monoisotopic (exact) mass is 416 g/mol. The number of nitrogens with one attached hydrogen (secondary N) is 1. The van der Waals surface area contributed by atoms with Crippen molar-refractivity contribution in [2.75, 3.05) is 18.4 Å². The van der Waals surface area contributed by atoms with Gasteiger partial charge in [0.1, 0.15) is 15.8 Å². The quantitative estimate of drug-likeness (QED) is 0.400. The standard InChI is InChI=1S/C20H24N4O2S2/c1-3-5-7-12-24-19(26)15(28-20(24)27)13-14-17(21-10-4-2)22-16-9-6-8-11-23(16)18(14)25/h6,8-9,11,13,21H,3-5,7,10,12H2,1-2H3. The number of thioether (sulfide) groups is 1. The molecule has 8 heteroatoms. The van der Waals surface area contributed by atoms with Crippen LogP contribution in [0.25, 0.3) is 11.7 Å². The van der Waals surface area contributed by atoms with Crippen LogP contribution in [-0.2, 0) is 4.79 Å². The minimum absolute atomic E-state index is 0.134. The van der Waals surface area contributed by atoms with E-state index in [-0.39, 0.29) is 11.5 Å². The Morgan fingerprint density at radius 1 is 1.21 bits per heavy atom. The molecule has 0 unspecified atom stereocenters. The summed E-state index contributed by atoms with van der Waals surface area (Å²) in [6.45, 7) is 5.47. The maximum atomic E-state index is 13.1. The van der Waals surface area contributed by atoms with Crippen molar-refractivity contribution in [2.24, 2.45) is 0 Å². The molecule has 1 fully saturated rings. The molecule has 1 amide bonds. The highest BCUT2D eigenvalue weighted by Crippen LogP contribution is 2.33. The average Bonchev–Trinajstić information content (AvgIpc) is 2.96. The van der Waals surface area contributed by atoms with Gasteiger partial charge in [0, 0.05) is 19.3 Å². The molecular weight excluding hydrogens is 392 g/mol. The number of anilines is 1. The van der Waals surface area contributed by atoms with Gasteiger partial charge in [0.15, 0.2) is 0 Å². The molecule has 0 radical (unpaired) electrons. The summed E-state index contributed by atoms with van der Waals surface area (Å²) in [6, 6.07) is 5.41. The zero-order chi connectivity index (χ0) is 20.1. The number of pyridine rings is 1. The molecule has 0 aromatic carbocycles. The largest absolute Gasteiger partial charge is 0.369 e. The molecule has 0 aliphatic carbocycles. The summed E-state index contributed by atoms with van der Waals surface area (Å²) in [4.78, 5) is 32.5. The Kier molecular flexibility index (Phi) is 6.85. The molecule has 3 heterocycles. The van der Waals surface area contributed by atoms with Gasteiger partial charge < -0.3 is 5.32 Å². The molecule has 28 heavy (non-hydrogen) atoms. The number of rotatable bonds is 8. The van der Waals surface area contributed by atoms with E-state index < -0.39 is 0 Å². The molecule has 1 saturated heterocycles. The summed E-state index contributed by atoms with van der Waals surface area (Å²) in [5.41, 5.74) is 0.738. The van der Waals surface area contributed by atoms with E-state index in [0.717, 1.165) is 25.7 Å². The van der Waals surface area contributed by atoms with Crippen LogP contribution < -0.4 is 10.9 Å². The lowest BCUT2D eigenvalue weighted by atomic mass is 10.2. The van der Waals surface area contributed by atoms with Crippen LogP contribution >= 0.6 is 24.0 Å². The number of nitrogens with zero attached hydrogens (tertiary/aromatic N) is 3. The first-order valence-corrected chi connectivity index (χ1v) is 10.8. The number of fused-ring (bicyclic) bond motifs is 1. The molecule has 2 aromatic heterocycles. The van der Waals surface area contributed by atoms with E-state index in [1.165, 1.54) is 16.2 Å². The fourth-order valence-electron chi connectivity index (χ4n) is 2.95. The van der Waals surface area contributed by atoms with Gasteiger partial charge >= 0.3 is 0 Å². The van der Waals surface area contributed by atoms with E-state index >= 15 is 0 Å². The molecular formula is C20H24N4O2S2. The Hall–Kier alpha value is -2.19. The van der Waals surface area contributed by atoms with E-state index in [2.05, 4.69) is 17.2 Å². The summed E-state index contributed by atoms with van der Waals surface area (Å²) in [6.07, 6.45) is 7.26. The first-order valence-electron chi connectivity index (χ1n) is 9.57. The number of carbonyl (C=O) groups excluding carboxylic acids is 1. The number of aromatic nitrogens is 2. The Bertz CT molecular complexity index is 984. The third-order valence-electron chi connectivity index (χ3n) is 4.45. The molecule has 0 atom stereocenters. The maximum Gasteiger partial charge on any atom is 0.267 e. The minimum Gasteiger partial charge on any atom is -0.369 e. The third kappa shape index (κ3) is 4.28. The zero-order valence-corrected chi connectivity index (χ0v) is 17.7. The van der Waals surface area contributed by atoms with Gasteiger partial charge in [-0.2, -0.15) is 0 Å². The molecule has 0 spiro atoms. The van der Waals surface area contributed by atoms with Crippen LogP contribution in [0.1, 0.15) is 45.1 Å². The molecule has 1 aliphatic rings. The molecule has 6 nitrogen and oxygen atoms in total. The molecule has 148 valence electrons. The van der Waals surface area contributed by atoms with E-state index in [9.17, 15) is 9.59 Å². The predicted octanol–water partition coefficient (Wildman–Crippen LogP) is 3.91. The van der Waals surface area contributed by atoms with Crippen molar-refractivity contribution in [2.45, 2.75) is 39.5 Å².